The molecule has 6 nitrogen and oxygen atoms in total. The first kappa shape index (κ1) is 19.7. The van der Waals surface area contributed by atoms with Crippen LogP contribution in [0.5, 0.6) is 0 Å². The molecule has 1 aliphatic heterocycles. The predicted molar refractivity (Wildman–Crippen MR) is 104 cm³/mol. The van der Waals surface area contributed by atoms with E-state index in [1.54, 1.807) is 0 Å². The van der Waals surface area contributed by atoms with Crippen molar-refractivity contribution in [3.63, 3.8) is 0 Å². The Balaban J connectivity index is 1.58. The van der Waals surface area contributed by atoms with Crippen LogP contribution in [0.15, 0.2) is 30.3 Å². The zero-order chi connectivity index (χ0) is 19.4. The lowest BCUT2D eigenvalue weighted by Gasteiger charge is -2.28. The van der Waals surface area contributed by atoms with E-state index in [1.165, 1.54) is 12.6 Å². The van der Waals surface area contributed by atoms with E-state index in [0.29, 0.717) is 18.3 Å². The molecule has 2 amide bonds. The van der Waals surface area contributed by atoms with E-state index in [-0.39, 0.29) is 11.9 Å². The number of fused-ring (bicyclic) bond motifs is 1. The van der Waals surface area contributed by atoms with Crippen molar-refractivity contribution in [3.8, 4) is 0 Å². The minimum absolute atomic E-state index is 0.145. The molecular formula is C21H31N3O3. The van der Waals surface area contributed by atoms with Crippen LogP contribution in [0, 0.1) is 11.8 Å². The number of hydrogen-bond acceptors (Lipinski definition) is 3. The quantitative estimate of drug-likeness (QED) is 0.771. The van der Waals surface area contributed by atoms with Gasteiger partial charge in [-0.05, 0) is 36.7 Å². The van der Waals surface area contributed by atoms with E-state index in [4.69, 9.17) is 0 Å². The molecule has 148 valence electrons. The SMILES string of the molecule is CCC[C@@H](C(=O)N[C@@H]1CC[C@@H]2CN(Cc3ccccc3)C[C@@H]21)N(C)C(=O)O. The summed E-state index contributed by atoms with van der Waals surface area (Å²) in [7, 11) is 1.48. The number of amides is 2. The number of likely N-dealkylation sites (N-methyl/N-ethyl adjacent to an activating group) is 1. The van der Waals surface area contributed by atoms with E-state index in [1.807, 2.05) is 13.0 Å². The third-order valence-corrected chi connectivity index (χ3v) is 6.14. The normalized spacial score (nSPS) is 25.8. The molecule has 27 heavy (non-hydrogen) atoms. The average Bonchev–Trinajstić information content (AvgIpc) is 3.21. The number of rotatable bonds is 7. The van der Waals surface area contributed by atoms with Gasteiger partial charge < -0.3 is 10.4 Å². The maximum Gasteiger partial charge on any atom is 0.407 e. The number of carbonyl (C=O) groups is 2. The molecule has 4 atom stereocenters. The van der Waals surface area contributed by atoms with Gasteiger partial charge in [0.15, 0.2) is 0 Å². The summed E-state index contributed by atoms with van der Waals surface area (Å²) in [6.45, 7) is 5.01. The summed E-state index contributed by atoms with van der Waals surface area (Å²) in [6.07, 6.45) is 2.40. The summed E-state index contributed by atoms with van der Waals surface area (Å²) in [5.41, 5.74) is 1.32. The van der Waals surface area contributed by atoms with Crippen molar-refractivity contribution in [2.75, 3.05) is 20.1 Å². The van der Waals surface area contributed by atoms with E-state index < -0.39 is 12.1 Å². The smallest absolute Gasteiger partial charge is 0.407 e. The lowest BCUT2D eigenvalue weighted by Crippen LogP contribution is -2.51. The van der Waals surface area contributed by atoms with Crippen molar-refractivity contribution in [2.45, 2.75) is 51.2 Å². The van der Waals surface area contributed by atoms with Crippen LogP contribution in [-0.4, -0.2) is 59.1 Å². The Morgan fingerprint density at radius 3 is 2.67 bits per heavy atom. The van der Waals surface area contributed by atoms with E-state index in [9.17, 15) is 14.7 Å². The Morgan fingerprint density at radius 2 is 2.00 bits per heavy atom. The van der Waals surface area contributed by atoms with Gasteiger partial charge in [-0.1, -0.05) is 43.7 Å². The van der Waals surface area contributed by atoms with Crippen LogP contribution in [0.2, 0.25) is 0 Å². The molecule has 1 heterocycles. The zero-order valence-electron chi connectivity index (χ0n) is 16.3. The first-order chi connectivity index (χ1) is 13.0. The van der Waals surface area contributed by atoms with Gasteiger partial charge in [-0.25, -0.2) is 4.79 Å². The fourth-order valence-electron chi connectivity index (χ4n) is 4.69. The minimum Gasteiger partial charge on any atom is -0.465 e. The molecule has 2 aliphatic rings. The standard InChI is InChI=1S/C21H31N3O3/c1-3-7-19(23(2)21(26)27)20(25)22-18-11-10-16-13-24(14-17(16)18)12-15-8-5-4-6-9-15/h4-6,8-9,16-19H,3,7,10-14H2,1-2H3,(H,22,25)(H,26,27)/t16-,17+,18-,19+/m1/s1. The van der Waals surface area contributed by atoms with Gasteiger partial charge in [0.2, 0.25) is 5.91 Å². The summed E-state index contributed by atoms with van der Waals surface area (Å²) < 4.78 is 0. The maximum absolute atomic E-state index is 12.8. The van der Waals surface area contributed by atoms with Crippen LogP contribution in [0.25, 0.3) is 0 Å². The van der Waals surface area contributed by atoms with Gasteiger partial charge in [-0.3, -0.25) is 14.6 Å². The van der Waals surface area contributed by atoms with Crippen LogP contribution in [0.3, 0.4) is 0 Å². The van der Waals surface area contributed by atoms with Gasteiger partial charge in [0, 0.05) is 32.7 Å². The van der Waals surface area contributed by atoms with Crippen molar-refractivity contribution >= 4 is 12.0 Å². The van der Waals surface area contributed by atoms with Gasteiger partial charge in [0.1, 0.15) is 6.04 Å². The fourth-order valence-corrected chi connectivity index (χ4v) is 4.69. The Hall–Kier alpha value is -2.08. The highest BCUT2D eigenvalue weighted by Gasteiger charge is 2.43. The molecule has 0 bridgehead atoms. The van der Waals surface area contributed by atoms with Crippen LogP contribution < -0.4 is 5.32 Å². The van der Waals surface area contributed by atoms with E-state index >= 15 is 0 Å². The Morgan fingerprint density at radius 1 is 1.26 bits per heavy atom. The Labute approximate surface area is 161 Å². The van der Waals surface area contributed by atoms with Gasteiger partial charge in [0.05, 0.1) is 0 Å². The molecule has 0 unspecified atom stereocenters. The van der Waals surface area contributed by atoms with Gasteiger partial charge in [0.25, 0.3) is 0 Å². The second-order valence-electron chi connectivity index (χ2n) is 7.99. The summed E-state index contributed by atoms with van der Waals surface area (Å²) in [4.78, 5) is 27.7. The maximum atomic E-state index is 12.8. The first-order valence-corrected chi connectivity index (χ1v) is 10.0. The molecule has 1 saturated heterocycles. The van der Waals surface area contributed by atoms with Crippen molar-refractivity contribution in [1.29, 1.82) is 0 Å². The minimum atomic E-state index is -1.05. The predicted octanol–water partition coefficient (Wildman–Crippen LogP) is 2.79. The van der Waals surface area contributed by atoms with E-state index in [0.717, 1.165) is 43.8 Å². The summed E-state index contributed by atoms with van der Waals surface area (Å²) in [6, 6.07) is 10.0. The molecule has 1 saturated carbocycles. The van der Waals surface area contributed by atoms with Crippen molar-refractivity contribution in [2.24, 2.45) is 11.8 Å². The summed E-state index contributed by atoms with van der Waals surface area (Å²) in [5, 5.41) is 12.4. The fraction of sp³-hybridized carbons (Fsp3) is 0.619. The highest BCUT2D eigenvalue weighted by atomic mass is 16.4. The lowest BCUT2D eigenvalue weighted by atomic mass is 9.97. The molecule has 2 N–H and O–H groups in total. The second kappa shape index (κ2) is 8.74. The van der Waals surface area contributed by atoms with Gasteiger partial charge >= 0.3 is 6.09 Å². The number of benzene rings is 1. The molecule has 6 heteroatoms. The average molecular weight is 373 g/mol. The Kier molecular flexibility index (Phi) is 6.37. The Bertz CT molecular complexity index is 651. The highest BCUT2D eigenvalue weighted by Crippen LogP contribution is 2.38. The molecule has 1 aromatic carbocycles. The molecule has 0 aromatic heterocycles. The first-order valence-electron chi connectivity index (χ1n) is 10.0. The van der Waals surface area contributed by atoms with Gasteiger partial charge in [-0.15, -0.1) is 0 Å². The van der Waals surface area contributed by atoms with Crippen molar-refractivity contribution in [3.05, 3.63) is 35.9 Å². The lowest BCUT2D eigenvalue weighted by molar-refractivity contribution is -0.126. The number of nitrogens with zero attached hydrogens (tertiary/aromatic N) is 2. The third kappa shape index (κ3) is 4.61. The number of carboxylic acid groups (broad SMARTS) is 1. The highest BCUT2D eigenvalue weighted by molar-refractivity contribution is 5.85. The largest absolute Gasteiger partial charge is 0.465 e. The molecule has 0 spiro atoms. The number of carbonyl (C=O) groups excluding carboxylic acids is 1. The zero-order valence-corrected chi connectivity index (χ0v) is 16.3. The van der Waals surface area contributed by atoms with Crippen LogP contribution in [0.1, 0.15) is 38.2 Å². The number of hydrogen-bond donors (Lipinski definition) is 2. The number of likely N-dealkylation sites (tertiary alicyclic amines) is 1. The number of nitrogens with one attached hydrogen (secondary N) is 1. The topological polar surface area (TPSA) is 72.9 Å². The van der Waals surface area contributed by atoms with Gasteiger partial charge in [-0.2, -0.15) is 0 Å². The monoisotopic (exact) mass is 373 g/mol. The molecular weight excluding hydrogens is 342 g/mol. The van der Waals surface area contributed by atoms with Crippen LogP contribution >= 0.6 is 0 Å². The van der Waals surface area contributed by atoms with E-state index in [2.05, 4.69) is 34.5 Å². The molecule has 3 rings (SSSR count). The summed E-state index contributed by atoms with van der Waals surface area (Å²) >= 11 is 0. The van der Waals surface area contributed by atoms with Crippen LogP contribution in [-0.2, 0) is 11.3 Å². The molecule has 1 aromatic rings. The molecule has 1 aliphatic carbocycles. The molecule has 0 radical (unpaired) electrons. The van der Waals surface area contributed by atoms with Crippen molar-refractivity contribution in [1.82, 2.24) is 15.1 Å². The summed E-state index contributed by atoms with van der Waals surface area (Å²) in [5.74, 6) is 0.949. The second-order valence-corrected chi connectivity index (χ2v) is 7.99. The molecule has 2 fully saturated rings. The van der Waals surface area contributed by atoms with Crippen molar-refractivity contribution < 1.29 is 14.7 Å². The third-order valence-electron chi connectivity index (χ3n) is 6.14. The van der Waals surface area contributed by atoms with Crippen LogP contribution in [0.4, 0.5) is 4.79 Å².